The number of ether oxygens (including phenoxy) is 1. The smallest absolute Gasteiger partial charge is 0.255 e. The molecule has 0 heterocycles. The largest absolute Gasteiger partial charge is 0.490 e. The molecule has 5 heteroatoms. The molecule has 0 unspecified atom stereocenters. The molecule has 1 saturated carbocycles. The van der Waals surface area contributed by atoms with E-state index in [1.807, 2.05) is 0 Å². The maximum atomic E-state index is 12.3. The first kappa shape index (κ1) is 16.8. The van der Waals surface area contributed by atoms with Gasteiger partial charge in [-0.15, -0.1) is 0 Å². The Bertz CT molecular complexity index is 763. The van der Waals surface area contributed by atoms with Crippen molar-refractivity contribution in [1.29, 1.82) is 0 Å². The molecule has 2 amide bonds. The van der Waals surface area contributed by atoms with Gasteiger partial charge in [0.05, 0.1) is 0 Å². The highest BCUT2D eigenvalue weighted by Gasteiger charge is 2.29. The SMILES string of the molecule is C=CCOc1ccc(C(=O)Nc2ccc(NC(=O)C3CC3)cc2)cc1. The van der Waals surface area contributed by atoms with Gasteiger partial charge >= 0.3 is 0 Å². The van der Waals surface area contributed by atoms with Crippen LogP contribution in [0.4, 0.5) is 11.4 Å². The van der Waals surface area contributed by atoms with Crippen molar-refractivity contribution < 1.29 is 14.3 Å². The first-order chi connectivity index (χ1) is 12.2. The number of anilines is 2. The standard InChI is InChI=1S/C20H20N2O3/c1-2-13-25-18-11-5-15(6-12-18)20(24)22-17-9-7-16(8-10-17)21-19(23)14-3-4-14/h2,5-12,14H,1,3-4,13H2,(H,21,23)(H,22,24). The number of hydrogen-bond donors (Lipinski definition) is 2. The third-order valence-corrected chi connectivity index (χ3v) is 3.84. The first-order valence-electron chi connectivity index (χ1n) is 8.22. The van der Waals surface area contributed by atoms with Crippen LogP contribution in [0.5, 0.6) is 5.75 Å². The van der Waals surface area contributed by atoms with Crippen molar-refractivity contribution in [3.05, 3.63) is 66.7 Å². The summed E-state index contributed by atoms with van der Waals surface area (Å²) < 4.78 is 5.39. The molecule has 0 aliphatic heterocycles. The van der Waals surface area contributed by atoms with Crippen LogP contribution in [-0.4, -0.2) is 18.4 Å². The maximum Gasteiger partial charge on any atom is 0.255 e. The molecule has 1 aliphatic carbocycles. The van der Waals surface area contributed by atoms with Gasteiger partial charge < -0.3 is 15.4 Å². The van der Waals surface area contributed by atoms with E-state index in [1.54, 1.807) is 54.6 Å². The zero-order chi connectivity index (χ0) is 17.6. The second-order valence-electron chi connectivity index (χ2n) is 5.92. The number of hydrogen-bond acceptors (Lipinski definition) is 3. The fourth-order valence-electron chi connectivity index (χ4n) is 2.29. The highest BCUT2D eigenvalue weighted by molar-refractivity contribution is 6.04. The van der Waals surface area contributed by atoms with E-state index in [0.717, 1.165) is 18.5 Å². The van der Waals surface area contributed by atoms with Gasteiger partial charge in [0.1, 0.15) is 12.4 Å². The van der Waals surface area contributed by atoms with Gasteiger partial charge in [-0.3, -0.25) is 9.59 Å². The van der Waals surface area contributed by atoms with Gasteiger partial charge in [0.25, 0.3) is 5.91 Å². The highest BCUT2D eigenvalue weighted by Crippen LogP contribution is 2.30. The molecule has 2 aromatic rings. The highest BCUT2D eigenvalue weighted by atomic mass is 16.5. The van der Waals surface area contributed by atoms with Crippen molar-refractivity contribution in [3.63, 3.8) is 0 Å². The number of carbonyl (C=O) groups excluding carboxylic acids is 2. The van der Waals surface area contributed by atoms with Gasteiger partial charge in [-0.1, -0.05) is 12.7 Å². The van der Waals surface area contributed by atoms with Crippen LogP contribution in [0.2, 0.25) is 0 Å². The van der Waals surface area contributed by atoms with Crippen LogP contribution in [-0.2, 0) is 4.79 Å². The predicted molar refractivity (Wildman–Crippen MR) is 97.9 cm³/mol. The summed E-state index contributed by atoms with van der Waals surface area (Å²) in [5.74, 6) is 0.714. The van der Waals surface area contributed by atoms with Crippen molar-refractivity contribution in [3.8, 4) is 5.75 Å². The van der Waals surface area contributed by atoms with Gasteiger partial charge in [-0.05, 0) is 61.4 Å². The molecule has 0 spiro atoms. The second kappa shape index (κ2) is 7.66. The minimum Gasteiger partial charge on any atom is -0.490 e. The molecule has 5 nitrogen and oxygen atoms in total. The number of rotatable bonds is 7. The molecule has 0 saturated heterocycles. The Morgan fingerprint density at radius 1 is 1.00 bits per heavy atom. The lowest BCUT2D eigenvalue weighted by molar-refractivity contribution is -0.117. The second-order valence-corrected chi connectivity index (χ2v) is 5.92. The Morgan fingerprint density at radius 2 is 1.60 bits per heavy atom. The Kier molecular flexibility index (Phi) is 5.14. The Morgan fingerprint density at radius 3 is 2.16 bits per heavy atom. The first-order valence-corrected chi connectivity index (χ1v) is 8.22. The van der Waals surface area contributed by atoms with Crippen LogP contribution in [0, 0.1) is 5.92 Å². The lowest BCUT2D eigenvalue weighted by atomic mass is 10.2. The molecule has 1 fully saturated rings. The molecule has 0 bridgehead atoms. The minimum atomic E-state index is -0.204. The third kappa shape index (κ3) is 4.70. The average Bonchev–Trinajstić information content (AvgIpc) is 3.47. The van der Waals surface area contributed by atoms with Gasteiger partial charge in [0.15, 0.2) is 0 Å². The maximum absolute atomic E-state index is 12.3. The Labute approximate surface area is 146 Å². The van der Waals surface area contributed by atoms with E-state index in [2.05, 4.69) is 17.2 Å². The van der Waals surface area contributed by atoms with E-state index in [-0.39, 0.29) is 17.7 Å². The van der Waals surface area contributed by atoms with Crippen LogP contribution in [0.3, 0.4) is 0 Å². The molecule has 2 aromatic carbocycles. The summed E-state index contributed by atoms with van der Waals surface area (Å²) in [5.41, 5.74) is 1.94. The molecule has 128 valence electrons. The summed E-state index contributed by atoms with van der Waals surface area (Å²) in [6.45, 7) is 4.02. The molecule has 0 radical (unpaired) electrons. The van der Waals surface area contributed by atoms with E-state index in [0.29, 0.717) is 23.6 Å². The van der Waals surface area contributed by atoms with Crippen LogP contribution < -0.4 is 15.4 Å². The van der Waals surface area contributed by atoms with Crippen LogP contribution in [0.25, 0.3) is 0 Å². The average molecular weight is 336 g/mol. The van der Waals surface area contributed by atoms with Crippen molar-refractivity contribution in [1.82, 2.24) is 0 Å². The Hall–Kier alpha value is -3.08. The van der Waals surface area contributed by atoms with Crippen LogP contribution in [0.1, 0.15) is 23.2 Å². The molecule has 0 aromatic heterocycles. The lowest BCUT2D eigenvalue weighted by Gasteiger charge is -2.08. The molecule has 2 N–H and O–H groups in total. The zero-order valence-corrected chi connectivity index (χ0v) is 13.8. The van der Waals surface area contributed by atoms with Crippen molar-refractivity contribution in [2.75, 3.05) is 17.2 Å². The van der Waals surface area contributed by atoms with E-state index >= 15 is 0 Å². The van der Waals surface area contributed by atoms with Gasteiger partial charge in [0.2, 0.25) is 5.91 Å². The molecule has 0 atom stereocenters. The van der Waals surface area contributed by atoms with E-state index in [9.17, 15) is 9.59 Å². The molecular formula is C20H20N2O3. The summed E-state index contributed by atoms with van der Waals surface area (Å²) in [5, 5.41) is 5.69. The number of carbonyl (C=O) groups is 2. The summed E-state index contributed by atoms with van der Waals surface area (Å²) in [6, 6.07) is 14.0. The lowest BCUT2D eigenvalue weighted by Crippen LogP contribution is -2.14. The molecule has 25 heavy (non-hydrogen) atoms. The van der Waals surface area contributed by atoms with E-state index < -0.39 is 0 Å². The minimum absolute atomic E-state index is 0.0653. The van der Waals surface area contributed by atoms with Gasteiger partial charge in [-0.25, -0.2) is 0 Å². The summed E-state index contributed by atoms with van der Waals surface area (Å²) in [4.78, 5) is 24.0. The van der Waals surface area contributed by atoms with Crippen LogP contribution in [0.15, 0.2) is 61.2 Å². The normalized spacial score (nSPS) is 13.0. The fourth-order valence-corrected chi connectivity index (χ4v) is 2.29. The summed E-state index contributed by atoms with van der Waals surface area (Å²) >= 11 is 0. The van der Waals surface area contributed by atoms with Gasteiger partial charge in [-0.2, -0.15) is 0 Å². The zero-order valence-electron chi connectivity index (χ0n) is 13.8. The van der Waals surface area contributed by atoms with E-state index in [1.165, 1.54) is 0 Å². The summed E-state index contributed by atoms with van der Waals surface area (Å²) in [7, 11) is 0. The fraction of sp³-hybridized carbons (Fsp3) is 0.200. The van der Waals surface area contributed by atoms with Crippen molar-refractivity contribution in [2.45, 2.75) is 12.8 Å². The van der Waals surface area contributed by atoms with Crippen molar-refractivity contribution >= 4 is 23.2 Å². The topological polar surface area (TPSA) is 67.4 Å². The number of nitrogens with one attached hydrogen (secondary N) is 2. The molecular weight excluding hydrogens is 316 g/mol. The van der Waals surface area contributed by atoms with Crippen molar-refractivity contribution in [2.24, 2.45) is 5.92 Å². The quantitative estimate of drug-likeness (QED) is 0.755. The monoisotopic (exact) mass is 336 g/mol. The number of amides is 2. The Balaban J connectivity index is 1.56. The predicted octanol–water partition coefficient (Wildman–Crippen LogP) is 3.85. The molecule has 1 aliphatic rings. The molecule has 3 rings (SSSR count). The number of benzene rings is 2. The van der Waals surface area contributed by atoms with Crippen LogP contribution >= 0.6 is 0 Å². The summed E-state index contributed by atoms with van der Waals surface area (Å²) in [6.07, 6.45) is 3.60. The van der Waals surface area contributed by atoms with Gasteiger partial charge in [0, 0.05) is 22.9 Å². The third-order valence-electron chi connectivity index (χ3n) is 3.84. The van der Waals surface area contributed by atoms with E-state index in [4.69, 9.17) is 4.74 Å².